The van der Waals surface area contributed by atoms with E-state index in [1.54, 1.807) is 6.08 Å². The third-order valence-electron chi connectivity index (χ3n) is 4.92. The van der Waals surface area contributed by atoms with Crippen molar-refractivity contribution in [2.75, 3.05) is 13.2 Å². The number of amides is 1. The molecule has 1 fully saturated rings. The normalized spacial score (nSPS) is 25.7. The monoisotopic (exact) mass is 315 g/mol. The van der Waals surface area contributed by atoms with Gasteiger partial charge in [-0.2, -0.15) is 0 Å². The van der Waals surface area contributed by atoms with Crippen molar-refractivity contribution in [3.8, 4) is 0 Å². The topological polar surface area (TPSA) is 75.6 Å². The summed E-state index contributed by atoms with van der Waals surface area (Å²) in [5.74, 6) is -1.40. The smallest absolute Gasteiger partial charge is 0.328 e. The molecule has 5 heteroatoms. The number of carbonyl (C=O) groups excluding carboxylic acids is 1. The molecule has 3 atom stereocenters. The molecule has 0 bridgehead atoms. The van der Waals surface area contributed by atoms with Gasteiger partial charge in [0.2, 0.25) is 5.91 Å². The molecule has 0 radical (unpaired) electrons. The van der Waals surface area contributed by atoms with Gasteiger partial charge in [-0.15, -0.1) is 6.58 Å². The third-order valence-corrected chi connectivity index (χ3v) is 4.92. The van der Waals surface area contributed by atoms with E-state index in [0.29, 0.717) is 0 Å². The molecule has 1 aromatic rings. The van der Waals surface area contributed by atoms with Crippen molar-refractivity contribution in [1.82, 2.24) is 5.32 Å². The van der Waals surface area contributed by atoms with Crippen LogP contribution < -0.4 is 5.32 Å². The van der Waals surface area contributed by atoms with Gasteiger partial charge >= 0.3 is 5.97 Å². The fraction of sp³-hybridized carbons (Fsp3) is 0.444. The summed E-state index contributed by atoms with van der Waals surface area (Å²) in [6.07, 6.45) is 4.31. The van der Waals surface area contributed by atoms with Gasteiger partial charge in [0.1, 0.15) is 0 Å². The van der Waals surface area contributed by atoms with Crippen LogP contribution in [0.5, 0.6) is 0 Å². The Morgan fingerprint density at radius 3 is 3.00 bits per heavy atom. The largest absolute Gasteiger partial charge is 0.480 e. The van der Waals surface area contributed by atoms with Crippen molar-refractivity contribution in [3.05, 3.63) is 48.0 Å². The Labute approximate surface area is 135 Å². The van der Waals surface area contributed by atoms with Crippen LogP contribution in [-0.4, -0.2) is 36.2 Å². The summed E-state index contributed by atoms with van der Waals surface area (Å²) in [4.78, 5) is 23.7. The Balaban J connectivity index is 1.64. The molecular formula is C18H21NO4. The average Bonchev–Trinajstić information content (AvgIpc) is 3.16. The van der Waals surface area contributed by atoms with Crippen molar-refractivity contribution >= 4 is 11.9 Å². The fourth-order valence-electron chi connectivity index (χ4n) is 3.66. The Kier molecular flexibility index (Phi) is 4.22. The molecule has 1 spiro atoms. The summed E-state index contributed by atoms with van der Waals surface area (Å²) >= 11 is 0. The van der Waals surface area contributed by atoms with E-state index in [9.17, 15) is 14.7 Å². The zero-order valence-corrected chi connectivity index (χ0v) is 13.0. The zero-order chi connectivity index (χ0) is 16.4. The number of carboxylic acids is 1. The van der Waals surface area contributed by atoms with E-state index in [0.717, 1.165) is 19.3 Å². The average molecular weight is 315 g/mol. The molecule has 2 aliphatic carbocycles. The molecule has 0 aromatic heterocycles. The van der Waals surface area contributed by atoms with Gasteiger partial charge < -0.3 is 15.2 Å². The van der Waals surface area contributed by atoms with Crippen LogP contribution in [0.2, 0.25) is 0 Å². The van der Waals surface area contributed by atoms with E-state index in [2.05, 4.69) is 24.0 Å². The van der Waals surface area contributed by atoms with E-state index < -0.39 is 12.0 Å². The van der Waals surface area contributed by atoms with Gasteiger partial charge in [0.05, 0.1) is 13.2 Å². The van der Waals surface area contributed by atoms with E-state index >= 15 is 0 Å². The maximum Gasteiger partial charge on any atom is 0.328 e. The Morgan fingerprint density at radius 2 is 2.26 bits per heavy atom. The zero-order valence-electron chi connectivity index (χ0n) is 13.0. The number of nitrogens with one attached hydrogen (secondary N) is 1. The molecular weight excluding hydrogens is 294 g/mol. The van der Waals surface area contributed by atoms with Gasteiger partial charge in [-0.25, -0.2) is 4.79 Å². The number of hydrogen-bond donors (Lipinski definition) is 2. The van der Waals surface area contributed by atoms with Gasteiger partial charge in [0, 0.05) is 11.3 Å². The van der Waals surface area contributed by atoms with Crippen LogP contribution in [0, 0.1) is 5.92 Å². The van der Waals surface area contributed by atoms with Crippen LogP contribution in [0.15, 0.2) is 36.9 Å². The minimum atomic E-state index is -1.08. The summed E-state index contributed by atoms with van der Waals surface area (Å²) < 4.78 is 5.17. The predicted molar refractivity (Wildman–Crippen MR) is 85.1 cm³/mol. The standard InChI is InChI=1S/C18H21NO4/c1-2-9-23-11-15(17(21)22)19-16(20)14-10-18(14)8-7-12-5-3-4-6-13(12)18/h2-6,14-15H,1,7-11H2,(H,19,20)(H,21,22). The van der Waals surface area contributed by atoms with Crippen LogP contribution >= 0.6 is 0 Å². The van der Waals surface area contributed by atoms with E-state index in [1.807, 2.05) is 12.1 Å². The quantitative estimate of drug-likeness (QED) is 0.593. The van der Waals surface area contributed by atoms with Gasteiger partial charge in [0.15, 0.2) is 6.04 Å². The first kappa shape index (κ1) is 15.7. The van der Waals surface area contributed by atoms with Gasteiger partial charge in [-0.3, -0.25) is 4.79 Å². The van der Waals surface area contributed by atoms with E-state index in [4.69, 9.17) is 4.74 Å². The Bertz CT molecular complexity index is 642. The molecule has 3 unspecified atom stereocenters. The van der Waals surface area contributed by atoms with Crippen LogP contribution in [-0.2, 0) is 26.2 Å². The van der Waals surface area contributed by atoms with Gasteiger partial charge in [-0.05, 0) is 30.4 Å². The first-order valence-electron chi connectivity index (χ1n) is 7.88. The van der Waals surface area contributed by atoms with Crippen molar-refractivity contribution in [1.29, 1.82) is 0 Å². The Hall–Kier alpha value is -2.14. The molecule has 122 valence electrons. The summed E-state index contributed by atoms with van der Waals surface area (Å²) in [6.45, 7) is 3.72. The molecule has 0 aliphatic heterocycles. The van der Waals surface area contributed by atoms with Crippen LogP contribution in [0.1, 0.15) is 24.0 Å². The predicted octanol–water partition coefficient (Wildman–Crippen LogP) is 1.66. The highest BCUT2D eigenvalue weighted by molar-refractivity contribution is 5.89. The first-order valence-corrected chi connectivity index (χ1v) is 7.88. The lowest BCUT2D eigenvalue weighted by Crippen LogP contribution is -2.45. The summed E-state index contributed by atoms with van der Waals surface area (Å²) in [7, 11) is 0. The molecule has 1 aromatic carbocycles. The number of rotatable bonds is 7. The maximum absolute atomic E-state index is 12.5. The van der Waals surface area contributed by atoms with Crippen LogP contribution in [0.4, 0.5) is 0 Å². The van der Waals surface area contributed by atoms with Crippen LogP contribution in [0.3, 0.4) is 0 Å². The molecule has 2 N–H and O–H groups in total. The number of ether oxygens (including phenoxy) is 1. The fourth-order valence-corrected chi connectivity index (χ4v) is 3.66. The molecule has 1 amide bonds. The second-order valence-electron chi connectivity index (χ2n) is 6.30. The number of fused-ring (bicyclic) bond motifs is 2. The van der Waals surface area contributed by atoms with Gasteiger partial charge in [0.25, 0.3) is 0 Å². The third kappa shape index (κ3) is 2.88. The number of carboxylic acid groups (broad SMARTS) is 1. The molecule has 23 heavy (non-hydrogen) atoms. The lowest BCUT2D eigenvalue weighted by molar-refractivity contribution is -0.143. The molecule has 0 saturated heterocycles. The highest BCUT2D eigenvalue weighted by Crippen LogP contribution is 2.61. The molecule has 5 nitrogen and oxygen atoms in total. The first-order chi connectivity index (χ1) is 11.1. The molecule has 1 saturated carbocycles. The Morgan fingerprint density at radius 1 is 1.48 bits per heavy atom. The lowest BCUT2D eigenvalue weighted by Gasteiger charge is -2.16. The van der Waals surface area contributed by atoms with Gasteiger partial charge in [-0.1, -0.05) is 30.3 Å². The van der Waals surface area contributed by atoms with Crippen molar-refractivity contribution in [2.24, 2.45) is 5.92 Å². The number of benzene rings is 1. The minimum absolute atomic E-state index is 0.0522. The van der Waals surface area contributed by atoms with Crippen molar-refractivity contribution in [3.63, 3.8) is 0 Å². The second kappa shape index (κ2) is 6.16. The van der Waals surface area contributed by atoms with E-state index in [-0.39, 0.29) is 30.5 Å². The number of aliphatic carboxylic acids is 1. The molecule has 3 rings (SSSR count). The number of hydrogen-bond acceptors (Lipinski definition) is 3. The lowest BCUT2D eigenvalue weighted by atomic mass is 9.95. The van der Waals surface area contributed by atoms with Crippen molar-refractivity contribution < 1.29 is 19.4 Å². The highest BCUT2D eigenvalue weighted by Gasteiger charge is 2.61. The molecule has 0 heterocycles. The maximum atomic E-state index is 12.5. The SMILES string of the molecule is C=CCOCC(NC(=O)C1CC12CCc1ccccc12)C(=O)O. The van der Waals surface area contributed by atoms with E-state index in [1.165, 1.54) is 11.1 Å². The number of carbonyl (C=O) groups is 2. The number of aryl methyl sites for hydroxylation is 1. The molecule has 2 aliphatic rings. The highest BCUT2D eigenvalue weighted by atomic mass is 16.5. The van der Waals surface area contributed by atoms with Crippen molar-refractivity contribution in [2.45, 2.75) is 30.7 Å². The summed E-state index contributed by atoms with van der Waals surface area (Å²) in [5, 5.41) is 11.8. The second-order valence-corrected chi connectivity index (χ2v) is 6.30. The minimum Gasteiger partial charge on any atom is -0.480 e. The summed E-state index contributed by atoms with van der Waals surface area (Å²) in [6, 6.07) is 7.21. The van der Waals surface area contributed by atoms with Crippen LogP contribution in [0.25, 0.3) is 0 Å². The summed E-state index contributed by atoms with van der Waals surface area (Å²) in [5.41, 5.74) is 2.49.